The van der Waals surface area contributed by atoms with Crippen LogP contribution >= 0.6 is 46.4 Å². The van der Waals surface area contributed by atoms with Gasteiger partial charge in [-0.2, -0.15) is 0 Å². The highest BCUT2D eigenvalue weighted by Gasteiger charge is 2.57. The minimum absolute atomic E-state index is 0.0346. The van der Waals surface area contributed by atoms with Gasteiger partial charge in [0.25, 0.3) is 0 Å². The third kappa shape index (κ3) is 13.8. The summed E-state index contributed by atoms with van der Waals surface area (Å²) in [4.78, 5) is 88.9. The zero-order valence-electron chi connectivity index (χ0n) is 83.1. The molecule has 1 unspecified atom stereocenters. The first kappa shape index (κ1) is 93.1. The fourth-order valence-electron chi connectivity index (χ4n) is 25.3. The van der Waals surface area contributed by atoms with E-state index in [1.165, 1.54) is 129 Å². The lowest BCUT2D eigenvalue weighted by molar-refractivity contribution is 0.0975. The van der Waals surface area contributed by atoms with Crippen LogP contribution in [0.3, 0.4) is 0 Å². The molecule has 19 aromatic rings. The Hall–Kier alpha value is -16.8. The van der Waals surface area contributed by atoms with Crippen molar-refractivity contribution in [3.63, 3.8) is 0 Å². The first-order valence-corrected chi connectivity index (χ1v) is 52.2. The van der Waals surface area contributed by atoms with E-state index in [0.29, 0.717) is 17.0 Å². The summed E-state index contributed by atoms with van der Waals surface area (Å²) < 4.78 is 0. The van der Waals surface area contributed by atoms with E-state index < -0.39 is 27.8 Å². The van der Waals surface area contributed by atoms with Gasteiger partial charge in [-0.25, -0.2) is 0 Å². The second kappa shape index (κ2) is 35.0. The lowest BCUT2D eigenvalue weighted by Crippen LogP contribution is -2.36. The second-order valence-electron chi connectivity index (χ2n) is 41.7. The summed E-state index contributed by atoms with van der Waals surface area (Å²) in [5.41, 5.74) is 39.8. The fraction of sp³-hybridized carbons (Fsp3) is 0.0949. The summed E-state index contributed by atoms with van der Waals surface area (Å²) in [5.74, 6) is -1.58. The molecule has 0 amide bonds. The number of Topliss-reactive ketones (excluding diaryl/α,β-unsaturated/α-hetero) is 6. The molecule has 0 bridgehead atoms. The molecule has 0 N–H and O–H groups in total. The molecule has 150 heavy (non-hydrogen) atoms. The van der Waals surface area contributed by atoms with Crippen molar-refractivity contribution < 1.29 is 28.8 Å². The Morgan fingerprint density at radius 1 is 0.247 bits per heavy atom. The summed E-state index contributed by atoms with van der Waals surface area (Å²) in [5, 5.41) is 3.30. The molecule has 13 heteroatoms. The average molecular weight is 2020 g/mol. The molecular formula is C137H93Cl4N3O6. The van der Waals surface area contributed by atoms with Crippen molar-refractivity contribution in [3.8, 4) is 33.4 Å². The van der Waals surface area contributed by atoms with Gasteiger partial charge in [0.05, 0.1) is 98.3 Å². The van der Waals surface area contributed by atoms with Crippen molar-refractivity contribution in [1.29, 1.82) is 0 Å². The van der Waals surface area contributed by atoms with Crippen LogP contribution in [0.15, 0.2) is 411 Å². The lowest BCUT2D eigenvalue weighted by Gasteiger charge is -2.45. The third-order valence-corrected chi connectivity index (χ3v) is 33.4. The number of allylic oxidation sites excluding steroid dienone is 3. The van der Waals surface area contributed by atoms with Crippen LogP contribution in [0.2, 0.25) is 20.1 Å². The van der Waals surface area contributed by atoms with E-state index in [4.69, 9.17) is 46.4 Å². The van der Waals surface area contributed by atoms with E-state index in [2.05, 4.69) is 404 Å². The Labute approximate surface area is 890 Å². The predicted octanol–water partition coefficient (Wildman–Crippen LogP) is 35.0. The quantitative estimate of drug-likeness (QED) is 0.114. The van der Waals surface area contributed by atoms with Crippen LogP contribution in [0.1, 0.15) is 214 Å². The standard InChI is InChI=1S/C52H41NO2.C43H27Cl2NO2.C42H25Cl2NO2/c1-31(2)34-20-23-43-40(29-34)41-30-36(51(3,4)5)21-24-44(41)52(43)45-16-10-11-17-47(45)53(37-22-19-33-12-6-7-13-35(33)28-37)48-25-18-32(27-46(48)52)26-42-49(54)38-14-8-9-15-39(38)50(42)55;1-24-15-17-38(25(2)19-24)46-39-14-8-7-13-34(39)43(32-11-5-3-9-27(32)28-10-4-6-12-33(28)43)35-21-26(16-18-40(35)46)20-31-41(47)29-22-36(44)37(45)23-30(29)42(31)48;1-24-14-17-26(18-15-24)45-36-13-7-6-12-32(36)42(30-10-4-2-8-27(30)28-9-3-5-11-31(28)42)33-23-25(16-21-37(33)45)22-29-40(46)38-34(43)19-20-35(44)39(38)41(29)47/h6-31H,1-5H3;3-23H,1-2H3;2-23H,1H3. The Morgan fingerprint density at radius 2 is 0.587 bits per heavy atom. The molecule has 720 valence electrons. The molecule has 3 aliphatic heterocycles. The van der Waals surface area contributed by atoms with Gasteiger partial charge in [-0.05, 0) is 304 Å². The molecular weight excluding hydrogens is 1930 g/mol. The van der Waals surface area contributed by atoms with Crippen molar-refractivity contribution in [1.82, 2.24) is 0 Å². The Balaban J connectivity index is 0.000000114. The second-order valence-corrected chi connectivity index (χ2v) is 43.4. The van der Waals surface area contributed by atoms with Gasteiger partial charge in [-0.1, -0.05) is 377 Å². The highest BCUT2D eigenvalue weighted by Crippen LogP contribution is 2.69. The van der Waals surface area contributed by atoms with Gasteiger partial charge in [-0.15, -0.1) is 0 Å². The molecule has 6 aliphatic carbocycles. The molecule has 28 rings (SSSR count). The van der Waals surface area contributed by atoms with Crippen molar-refractivity contribution in [3.05, 3.63) is 576 Å². The number of carbonyl (C=O) groups is 6. The normalized spacial score (nSPS) is 15.5. The number of anilines is 9. The number of aryl methyl sites for hydroxylation is 3. The summed E-state index contributed by atoms with van der Waals surface area (Å²) in [6, 6.07) is 137. The minimum atomic E-state index is -0.670. The number of carbonyl (C=O) groups excluding carboxylic acids is 6. The molecule has 9 aliphatic rings. The largest absolute Gasteiger partial charge is 0.310 e. The van der Waals surface area contributed by atoms with Gasteiger partial charge in [0.2, 0.25) is 0 Å². The fourth-order valence-corrected chi connectivity index (χ4v) is 26.1. The van der Waals surface area contributed by atoms with Crippen LogP contribution in [0.4, 0.5) is 51.2 Å². The number of benzene rings is 19. The van der Waals surface area contributed by atoms with Gasteiger partial charge in [0, 0.05) is 39.3 Å². The number of rotatable bonds is 7. The van der Waals surface area contributed by atoms with E-state index in [0.717, 1.165) is 90.1 Å². The lowest BCUT2D eigenvalue weighted by atomic mass is 9.64. The first-order valence-electron chi connectivity index (χ1n) is 50.7. The molecule has 0 aromatic heterocycles. The van der Waals surface area contributed by atoms with Gasteiger partial charge < -0.3 is 14.7 Å². The van der Waals surface area contributed by atoms with Crippen LogP contribution in [0, 0.1) is 20.8 Å². The van der Waals surface area contributed by atoms with Crippen molar-refractivity contribution in [2.45, 2.75) is 83.0 Å². The third-order valence-electron chi connectivity index (χ3n) is 32.0. The first-order chi connectivity index (χ1) is 72.7. The number of nitrogens with zero attached hydrogens (tertiary/aromatic N) is 3. The summed E-state index contributed by atoms with van der Waals surface area (Å²) >= 11 is 25.3. The maximum Gasteiger partial charge on any atom is 0.199 e. The summed E-state index contributed by atoms with van der Waals surface area (Å²) in [6.45, 7) is 17.7. The Morgan fingerprint density at radius 3 is 1.03 bits per heavy atom. The maximum absolute atomic E-state index is 13.7. The molecule has 19 aromatic carbocycles. The SMILES string of the molecule is CC(C)c1ccc2c(c1)-c1cc(C(C)(C)C)ccc1C21c2ccccc2N(c2ccc3ccccc3c2)c2ccc(C=C3C(=O)c4ccccc4C3=O)cc21.Cc1ccc(N2c3ccccc3C3(c4ccccc4-c4ccccc43)c3cc(C=C4C(=O)c5c(Cl)ccc(Cl)c5C4=O)ccc32)cc1.Cc1ccc(N2c3ccccc3C3(c4ccccc4-c4ccccc43)c3cc(C=C4C(=O)c5cc(Cl)c(Cl)cc5C4=O)ccc32)c(C)c1. The molecule has 3 heterocycles. The Bertz CT molecular complexity index is 9160. The van der Waals surface area contributed by atoms with Crippen molar-refractivity contribution in [2.24, 2.45) is 0 Å². The van der Waals surface area contributed by atoms with Crippen molar-refractivity contribution >= 4 is 161 Å². The molecule has 9 nitrogen and oxygen atoms in total. The van der Waals surface area contributed by atoms with Crippen LogP contribution in [0.5, 0.6) is 0 Å². The summed E-state index contributed by atoms with van der Waals surface area (Å²) in [7, 11) is 0. The molecule has 0 saturated carbocycles. The number of fused-ring (bicyclic) bond motifs is 31. The number of hydrogen-bond acceptors (Lipinski definition) is 9. The van der Waals surface area contributed by atoms with E-state index in [9.17, 15) is 28.8 Å². The van der Waals surface area contributed by atoms with E-state index in [1.807, 2.05) is 24.3 Å². The number of para-hydroxylation sites is 3. The van der Waals surface area contributed by atoms with Gasteiger partial charge in [0.15, 0.2) is 34.7 Å². The van der Waals surface area contributed by atoms with Crippen molar-refractivity contribution in [2.75, 3.05) is 14.7 Å². The van der Waals surface area contributed by atoms with E-state index in [-0.39, 0.29) is 87.6 Å². The highest BCUT2D eigenvalue weighted by atomic mass is 35.5. The zero-order valence-corrected chi connectivity index (χ0v) is 86.2. The average Bonchev–Trinajstić information content (AvgIpc) is 1.50. The van der Waals surface area contributed by atoms with Gasteiger partial charge in [-0.3, -0.25) is 28.8 Å². The maximum atomic E-state index is 13.7. The Kier molecular flexibility index (Phi) is 21.7. The van der Waals surface area contributed by atoms with Crippen LogP contribution in [-0.4, -0.2) is 34.7 Å². The monoisotopic (exact) mass is 2020 g/mol. The topological polar surface area (TPSA) is 112 Å². The van der Waals surface area contributed by atoms with Crippen LogP contribution < -0.4 is 14.7 Å². The molecule has 1 atom stereocenters. The summed E-state index contributed by atoms with van der Waals surface area (Å²) in [6.07, 6.45) is 5.21. The molecule has 0 radical (unpaired) electrons. The number of halogens is 4. The van der Waals surface area contributed by atoms with Crippen LogP contribution in [0.25, 0.3) is 62.4 Å². The highest BCUT2D eigenvalue weighted by molar-refractivity contribution is 6.50. The van der Waals surface area contributed by atoms with E-state index in [1.54, 1.807) is 42.5 Å². The molecule has 3 spiro atoms. The number of hydrogen-bond donors (Lipinski definition) is 0. The van der Waals surface area contributed by atoms with Gasteiger partial charge in [0.1, 0.15) is 0 Å². The van der Waals surface area contributed by atoms with Gasteiger partial charge >= 0.3 is 0 Å². The molecule has 0 saturated heterocycles. The molecule has 0 fully saturated rings. The van der Waals surface area contributed by atoms with Crippen LogP contribution in [-0.2, 0) is 21.7 Å². The zero-order chi connectivity index (χ0) is 103. The predicted molar refractivity (Wildman–Crippen MR) is 610 cm³/mol. The minimum Gasteiger partial charge on any atom is -0.310 e. The number of ketones is 6. The van der Waals surface area contributed by atoms with E-state index >= 15 is 0 Å². The smallest absolute Gasteiger partial charge is 0.199 e.